The minimum Gasteiger partial charge on any atom is -0.492 e. The smallest absolute Gasteiger partial charge is 0.217 e. The molecule has 0 radical (unpaired) electrons. The molecule has 2 N–H and O–H groups in total. The number of hydrogen-bond acceptors (Lipinski definition) is 5. The Morgan fingerprint density at radius 1 is 1.50 bits per heavy atom. The van der Waals surface area contributed by atoms with Gasteiger partial charge in [0.2, 0.25) is 10.0 Å². The summed E-state index contributed by atoms with van der Waals surface area (Å²) in [6.45, 7) is 1.73. The molecule has 0 amide bonds. The molecule has 110 valence electrons. The Hall–Kier alpha value is -1.78. The van der Waals surface area contributed by atoms with Crippen LogP contribution in [0.3, 0.4) is 0 Å². The van der Waals surface area contributed by atoms with Crippen molar-refractivity contribution < 1.29 is 13.2 Å². The van der Waals surface area contributed by atoms with Crippen LogP contribution in [0.2, 0.25) is 0 Å². The first kappa shape index (κ1) is 16.3. The molecular formula is C13H19N3O3S. The Bertz CT molecular complexity index is 581. The molecule has 0 aliphatic heterocycles. The van der Waals surface area contributed by atoms with Gasteiger partial charge in [0.1, 0.15) is 12.4 Å². The van der Waals surface area contributed by atoms with E-state index in [9.17, 15) is 8.42 Å². The highest BCUT2D eigenvalue weighted by molar-refractivity contribution is 7.89. The van der Waals surface area contributed by atoms with Crippen molar-refractivity contribution in [1.29, 1.82) is 5.26 Å². The Labute approximate surface area is 119 Å². The lowest BCUT2D eigenvalue weighted by Crippen LogP contribution is -2.37. The highest BCUT2D eigenvalue weighted by atomic mass is 32.2. The van der Waals surface area contributed by atoms with Gasteiger partial charge in [0, 0.05) is 24.8 Å². The number of rotatable bonds is 7. The van der Waals surface area contributed by atoms with Gasteiger partial charge in [-0.3, -0.25) is 0 Å². The highest BCUT2D eigenvalue weighted by Gasteiger charge is 2.22. The number of nitriles is 1. The summed E-state index contributed by atoms with van der Waals surface area (Å²) in [6.07, 6.45) is 0.159. The SMILES string of the molecule is CC(CC#N)N(C)S(=O)(=O)CCOc1cccc(N)c1. The van der Waals surface area contributed by atoms with E-state index in [0.29, 0.717) is 11.4 Å². The average Bonchev–Trinajstić information content (AvgIpc) is 2.38. The number of anilines is 1. The number of nitrogens with zero attached hydrogens (tertiary/aromatic N) is 2. The Morgan fingerprint density at radius 2 is 2.20 bits per heavy atom. The van der Waals surface area contributed by atoms with Crippen LogP contribution in [0.1, 0.15) is 13.3 Å². The molecule has 0 bridgehead atoms. The van der Waals surface area contributed by atoms with Crippen LogP contribution < -0.4 is 10.5 Å². The van der Waals surface area contributed by atoms with Crippen LogP contribution in [0.5, 0.6) is 5.75 Å². The summed E-state index contributed by atoms with van der Waals surface area (Å²) >= 11 is 0. The predicted octanol–water partition coefficient (Wildman–Crippen LogP) is 1.21. The average molecular weight is 297 g/mol. The minimum atomic E-state index is -3.44. The van der Waals surface area contributed by atoms with Crippen LogP contribution in [-0.4, -0.2) is 38.2 Å². The van der Waals surface area contributed by atoms with Gasteiger partial charge in [-0.2, -0.15) is 5.26 Å². The summed E-state index contributed by atoms with van der Waals surface area (Å²) in [5, 5.41) is 8.59. The fourth-order valence-corrected chi connectivity index (χ4v) is 2.75. The van der Waals surface area contributed by atoms with Gasteiger partial charge in [0.05, 0.1) is 18.2 Å². The molecule has 0 heterocycles. The molecule has 0 saturated heterocycles. The fourth-order valence-electron chi connectivity index (χ4n) is 1.55. The normalized spacial score (nSPS) is 12.9. The van der Waals surface area contributed by atoms with Crippen molar-refractivity contribution in [3.8, 4) is 11.8 Å². The summed E-state index contributed by atoms with van der Waals surface area (Å²) in [6, 6.07) is 8.41. The number of ether oxygens (including phenoxy) is 1. The summed E-state index contributed by atoms with van der Waals surface area (Å²) in [5.41, 5.74) is 6.16. The second-order valence-corrected chi connectivity index (χ2v) is 6.61. The van der Waals surface area contributed by atoms with Crippen molar-refractivity contribution >= 4 is 15.7 Å². The first-order valence-corrected chi connectivity index (χ1v) is 7.78. The van der Waals surface area contributed by atoms with Crippen molar-refractivity contribution in [2.45, 2.75) is 19.4 Å². The minimum absolute atomic E-state index is 0.0371. The van der Waals surface area contributed by atoms with E-state index in [1.807, 2.05) is 6.07 Å². The Kier molecular flexibility index (Phi) is 5.80. The van der Waals surface area contributed by atoms with Crippen LogP contribution in [0.4, 0.5) is 5.69 Å². The fraction of sp³-hybridized carbons (Fsp3) is 0.462. The lowest BCUT2D eigenvalue weighted by atomic mass is 10.3. The van der Waals surface area contributed by atoms with Gasteiger partial charge in [-0.25, -0.2) is 12.7 Å². The van der Waals surface area contributed by atoms with Gasteiger partial charge in [0.25, 0.3) is 0 Å². The van der Waals surface area contributed by atoms with Crippen molar-refractivity contribution in [2.75, 3.05) is 25.1 Å². The standard InChI is InChI=1S/C13H19N3O3S/c1-11(6-7-14)16(2)20(17,18)9-8-19-13-5-3-4-12(15)10-13/h3-5,10-11H,6,8-9,15H2,1-2H3. The van der Waals surface area contributed by atoms with Crippen molar-refractivity contribution in [2.24, 2.45) is 0 Å². The van der Waals surface area contributed by atoms with Gasteiger partial charge >= 0.3 is 0 Å². The van der Waals surface area contributed by atoms with E-state index < -0.39 is 10.0 Å². The lowest BCUT2D eigenvalue weighted by Gasteiger charge is -2.22. The summed E-state index contributed by atoms with van der Waals surface area (Å²) in [7, 11) is -1.97. The van der Waals surface area contributed by atoms with Gasteiger partial charge < -0.3 is 10.5 Å². The van der Waals surface area contributed by atoms with E-state index in [0.717, 1.165) is 0 Å². The van der Waals surface area contributed by atoms with E-state index in [4.69, 9.17) is 15.7 Å². The molecule has 6 nitrogen and oxygen atoms in total. The second kappa shape index (κ2) is 7.12. The first-order valence-electron chi connectivity index (χ1n) is 6.18. The molecular weight excluding hydrogens is 278 g/mol. The van der Waals surface area contributed by atoms with Crippen molar-refractivity contribution in [3.63, 3.8) is 0 Å². The van der Waals surface area contributed by atoms with E-state index in [-0.39, 0.29) is 24.8 Å². The number of benzene rings is 1. The third-order valence-corrected chi connectivity index (χ3v) is 4.83. The molecule has 1 atom stereocenters. The molecule has 0 aliphatic rings. The molecule has 0 saturated carbocycles. The predicted molar refractivity (Wildman–Crippen MR) is 77.6 cm³/mol. The van der Waals surface area contributed by atoms with E-state index in [2.05, 4.69) is 0 Å². The van der Waals surface area contributed by atoms with Crippen LogP contribution in [0.25, 0.3) is 0 Å². The van der Waals surface area contributed by atoms with Crippen LogP contribution in [-0.2, 0) is 10.0 Å². The molecule has 7 heteroatoms. The van der Waals surface area contributed by atoms with Gasteiger partial charge in [-0.15, -0.1) is 0 Å². The van der Waals surface area contributed by atoms with Gasteiger partial charge in [-0.05, 0) is 19.1 Å². The number of nitrogens with two attached hydrogens (primary N) is 1. The van der Waals surface area contributed by atoms with E-state index in [1.54, 1.807) is 31.2 Å². The maximum absolute atomic E-state index is 12.0. The van der Waals surface area contributed by atoms with Crippen molar-refractivity contribution in [3.05, 3.63) is 24.3 Å². The number of sulfonamides is 1. The molecule has 20 heavy (non-hydrogen) atoms. The molecule has 1 aromatic carbocycles. The number of nitrogen functional groups attached to an aromatic ring is 1. The monoisotopic (exact) mass is 297 g/mol. The number of hydrogen-bond donors (Lipinski definition) is 1. The van der Waals surface area contributed by atoms with Crippen LogP contribution >= 0.6 is 0 Å². The third-order valence-electron chi connectivity index (χ3n) is 2.91. The maximum Gasteiger partial charge on any atom is 0.217 e. The molecule has 1 unspecified atom stereocenters. The van der Waals surface area contributed by atoms with Gasteiger partial charge in [0.15, 0.2) is 0 Å². The lowest BCUT2D eigenvalue weighted by molar-refractivity contribution is 0.332. The van der Waals surface area contributed by atoms with Crippen LogP contribution in [0.15, 0.2) is 24.3 Å². The topological polar surface area (TPSA) is 96.4 Å². The molecule has 1 aromatic rings. The molecule has 1 rings (SSSR count). The summed E-state index contributed by atoms with van der Waals surface area (Å²) in [5.74, 6) is 0.390. The Morgan fingerprint density at radius 3 is 2.80 bits per heavy atom. The van der Waals surface area contributed by atoms with Crippen molar-refractivity contribution in [1.82, 2.24) is 4.31 Å². The first-order chi connectivity index (χ1) is 9.36. The summed E-state index contributed by atoms with van der Waals surface area (Å²) in [4.78, 5) is 0. The highest BCUT2D eigenvalue weighted by Crippen LogP contribution is 2.15. The van der Waals surface area contributed by atoms with Crippen LogP contribution in [0, 0.1) is 11.3 Å². The zero-order valence-corrected chi connectivity index (χ0v) is 12.4. The summed E-state index contributed by atoms with van der Waals surface area (Å²) < 4.78 is 30.6. The molecule has 0 spiro atoms. The van der Waals surface area contributed by atoms with E-state index >= 15 is 0 Å². The molecule has 0 fully saturated rings. The zero-order valence-electron chi connectivity index (χ0n) is 11.6. The zero-order chi connectivity index (χ0) is 15.2. The van der Waals surface area contributed by atoms with E-state index in [1.165, 1.54) is 11.4 Å². The third kappa shape index (κ3) is 4.72. The second-order valence-electron chi connectivity index (χ2n) is 4.46. The molecule has 0 aromatic heterocycles. The largest absolute Gasteiger partial charge is 0.492 e. The quantitative estimate of drug-likeness (QED) is 0.763. The molecule has 0 aliphatic carbocycles. The maximum atomic E-state index is 12.0. The van der Waals surface area contributed by atoms with Gasteiger partial charge in [-0.1, -0.05) is 6.07 Å². The Balaban J connectivity index is 2.54.